The minimum Gasteiger partial charge on any atom is -0.342 e. The Bertz CT molecular complexity index is 1660. The first kappa shape index (κ1) is 21.3. The second-order valence-electron chi connectivity index (χ2n) is 11.0. The zero-order valence-electron chi connectivity index (χ0n) is 20.4. The lowest BCUT2D eigenvalue weighted by Crippen LogP contribution is -2.45. The number of anilines is 1. The molecule has 1 saturated heterocycles. The first-order valence-electron chi connectivity index (χ1n) is 13.0. The van der Waals surface area contributed by atoms with Crippen molar-refractivity contribution in [3.8, 4) is 0 Å². The Morgan fingerprint density at radius 1 is 1.03 bits per heavy atom. The van der Waals surface area contributed by atoms with Gasteiger partial charge < -0.3 is 10.6 Å². The molecule has 37 heavy (non-hydrogen) atoms. The summed E-state index contributed by atoms with van der Waals surface area (Å²) in [5.41, 5.74) is 12.5. The number of piperidine rings is 1. The van der Waals surface area contributed by atoms with E-state index in [1.54, 1.807) is 18.5 Å². The van der Waals surface area contributed by atoms with Crippen LogP contribution in [0.4, 0.5) is 10.3 Å². The van der Waals surface area contributed by atoms with E-state index in [-0.39, 0.29) is 22.7 Å². The molecule has 0 amide bonds. The summed E-state index contributed by atoms with van der Waals surface area (Å²) in [6.45, 7) is 1.62. The van der Waals surface area contributed by atoms with Gasteiger partial charge in [0.15, 0.2) is 11.3 Å². The number of H-pyrrole nitrogens is 1. The Hall–Kier alpha value is -3.85. The molecule has 2 aliphatic carbocycles. The van der Waals surface area contributed by atoms with E-state index >= 15 is 0 Å². The highest BCUT2D eigenvalue weighted by atomic mass is 19.1. The lowest BCUT2D eigenvalue weighted by atomic mass is 9.73. The molecule has 3 aromatic heterocycles. The molecule has 0 bridgehead atoms. The number of halogens is 1. The molecule has 1 saturated carbocycles. The molecule has 0 unspecified atom stereocenters. The van der Waals surface area contributed by atoms with Crippen molar-refractivity contribution in [2.24, 2.45) is 11.1 Å². The largest absolute Gasteiger partial charge is 0.342 e. The first-order chi connectivity index (χ1) is 18.1. The molecule has 5 aromatic rings. The van der Waals surface area contributed by atoms with Crippen molar-refractivity contribution in [1.82, 2.24) is 29.8 Å². The van der Waals surface area contributed by atoms with Crippen LogP contribution in [0, 0.1) is 11.2 Å². The van der Waals surface area contributed by atoms with Crippen LogP contribution in [-0.2, 0) is 11.8 Å². The summed E-state index contributed by atoms with van der Waals surface area (Å²) in [5, 5.41) is 17.7. The van der Waals surface area contributed by atoms with E-state index in [2.05, 4.69) is 44.5 Å². The summed E-state index contributed by atoms with van der Waals surface area (Å²) >= 11 is 0. The molecule has 4 heterocycles. The molecular formula is C28H27FN8. The molecule has 8 nitrogen and oxygen atoms in total. The van der Waals surface area contributed by atoms with Gasteiger partial charge in [-0.2, -0.15) is 10.1 Å². The van der Waals surface area contributed by atoms with Crippen LogP contribution in [0.5, 0.6) is 0 Å². The number of nitrogens with one attached hydrogen (secondary N) is 1. The molecule has 186 valence electrons. The van der Waals surface area contributed by atoms with E-state index in [0.29, 0.717) is 0 Å². The highest BCUT2D eigenvalue weighted by molar-refractivity contribution is 5.94. The average molecular weight is 495 g/mol. The normalized spacial score (nSPS) is 21.7. The summed E-state index contributed by atoms with van der Waals surface area (Å²) in [5.74, 6) is 0.604. The van der Waals surface area contributed by atoms with Crippen molar-refractivity contribution in [2.45, 2.75) is 43.6 Å². The fourth-order valence-corrected chi connectivity index (χ4v) is 6.92. The van der Waals surface area contributed by atoms with E-state index in [4.69, 9.17) is 15.8 Å². The number of benzene rings is 2. The predicted molar refractivity (Wildman–Crippen MR) is 138 cm³/mol. The van der Waals surface area contributed by atoms with Crippen molar-refractivity contribution < 1.29 is 4.39 Å². The summed E-state index contributed by atoms with van der Waals surface area (Å²) in [4.78, 5) is 7.34. The maximum absolute atomic E-state index is 13.9. The Balaban J connectivity index is 1.14. The molecule has 3 aliphatic rings. The van der Waals surface area contributed by atoms with Crippen LogP contribution < -0.4 is 10.6 Å². The minimum atomic E-state index is -0.213. The SMILES string of the molecule is N[C@@H]1c2cc(F)ccc2CC12CCN(c1nc3[nH]nc(C4(c5ccccc5)CC4)c3c3nncn13)CC2. The highest BCUT2D eigenvalue weighted by Gasteiger charge is 2.50. The molecular weight excluding hydrogens is 467 g/mol. The van der Waals surface area contributed by atoms with Gasteiger partial charge in [-0.1, -0.05) is 36.4 Å². The van der Waals surface area contributed by atoms with Gasteiger partial charge >= 0.3 is 0 Å². The van der Waals surface area contributed by atoms with Gasteiger partial charge in [-0.15, -0.1) is 10.2 Å². The second-order valence-corrected chi connectivity index (χ2v) is 11.0. The Kier molecular flexibility index (Phi) is 4.22. The standard InChI is InChI=1S/C28H27FN8/c29-19-7-6-17-15-27(22(30)20(17)14-19)10-12-36(13-11-27)26-32-24-21(25-35-31-16-37(25)26)23(33-34-24)28(8-9-28)18-4-2-1-3-5-18/h1-7,14,16,22H,8-13,15,30H2,(H,33,34)/t22-/m1/s1. The number of nitrogens with zero attached hydrogens (tertiary/aromatic N) is 6. The molecule has 2 aromatic carbocycles. The summed E-state index contributed by atoms with van der Waals surface area (Å²) in [6, 6.07) is 15.5. The van der Waals surface area contributed by atoms with E-state index in [0.717, 1.165) is 79.1 Å². The average Bonchev–Trinajstić information content (AvgIpc) is 3.26. The van der Waals surface area contributed by atoms with Crippen LogP contribution in [0.1, 0.15) is 54.1 Å². The van der Waals surface area contributed by atoms with Gasteiger partial charge in [0, 0.05) is 24.5 Å². The maximum atomic E-state index is 13.9. The zero-order valence-corrected chi connectivity index (χ0v) is 20.4. The number of fused-ring (bicyclic) bond motifs is 4. The topological polar surface area (TPSA) is 101 Å². The third kappa shape index (κ3) is 2.91. The van der Waals surface area contributed by atoms with E-state index in [1.807, 2.05) is 16.5 Å². The molecule has 3 N–H and O–H groups in total. The quantitative estimate of drug-likeness (QED) is 0.392. The molecule has 1 aliphatic heterocycles. The van der Waals surface area contributed by atoms with Crippen LogP contribution >= 0.6 is 0 Å². The third-order valence-corrected chi connectivity index (χ3v) is 9.16. The lowest BCUT2D eigenvalue weighted by molar-refractivity contribution is 0.186. The summed E-state index contributed by atoms with van der Waals surface area (Å²) in [7, 11) is 0. The van der Waals surface area contributed by atoms with Crippen molar-refractivity contribution in [3.63, 3.8) is 0 Å². The van der Waals surface area contributed by atoms with E-state index in [1.165, 1.54) is 11.1 Å². The number of aromatic amines is 1. The number of rotatable bonds is 3. The molecule has 9 heteroatoms. The second kappa shape index (κ2) is 7.35. The lowest BCUT2D eigenvalue weighted by Gasteiger charge is -2.42. The van der Waals surface area contributed by atoms with Crippen LogP contribution in [0.25, 0.3) is 16.7 Å². The van der Waals surface area contributed by atoms with E-state index in [9.17, 15) is 4.39 Å². The number of hydrogen-bond acceptors (Lipinski definition) is 6. The maximum Gasteiger partial charge on any atom is 0.214 e. The first-order valence-corrected chi connectivity index (χ1v) is 13.0. The van der Waals surface area contributed by atoms with Crippen molar-refractivity contribution >= 4 is 22.6 Å². The van der Waals surface area contributed by atoms with Crippen molar-refractivity contribution in [3.05, 3.63) is 83.1 Å². The predicted octanol–water partition coefficient (Wildman–Crippen LogP) is 4.06. The van der Waals surface area contributed by atoms with Gasteiger partial charge in [0.05, 0.1) is 11.1 Å². The van der Waals surface area contributed by atoms with Crippen molar-refractivity contribution in [2.75, 3.05) is 18.0 Å². The third-order valence-electron chi connectivity index (χ3n) is 9.16. The van der Waals surface area contributed by atoms with Gasteiger partial charge in [-0.05, 0) is 66.3 Å². The van der Waals surface area contributed by atoms with Crippen LogP contribution in [0.2, 0.25) is 0 Å². The van der Waals surface area contributed by atoms with Crippen molar-refractivity contribution in [1.29, 1.82) is 0 Å². The fourth-order valence-electron chi connectivity index (χ4n) is 6.92. The fraction of sp³-hybridized carbons (Fsp3) is 0.357. The Labute approximate surface area is 212 Å². The highest BCUT2D eigenvalue weighted by Crippen LogP contribution is 2.55. The van der Waals surface area contributed by atoms with Gasteiger partial charge in [-0.25, -0.2) is 4.39 Å². The van der Waals surface area contributed by atoms with Gasteiger partial charge in [0.2, 0.25) is 5.95 Å². The smallest absolute Gasteiger partial charge is 0.214 e. The van der Waals surface area contributed by atoms with Gasteiger partial charge in [-0.3, -0.25) is 9.50 Å². The summed E-state index contributed by atoms with van der Waals surface area (Å²) < 4.78 is 15.9. The molecule has 0 radical (unpaired) electrons. The molecule has 1 spiro atoms. The number of hydrogen-bond donors (Lipinski definition) is 2. The number of nitrogens with two attached hydrogens (primary N) is 1. The van der Waals surface area contributed by atoms with Crippen LogP contribution in [0.3, 0.4) is 0 Å². The minimum absolute atomic E-state index is 0.0434. The zero-order chi connectivity index (χ0) is 24.8. The Morgan fingerprint density at radius 2 is 1.84 bits per heavy atom. The molecule has 8 rings (SSSR count). The summed E-state index contributed by atoms with van der Waals surface area (Å²) in [6.07, 6.45) is 6.59. The number of aromatic nitrogens is 6. The Morgan fingerprint density at radius 3 is 2.62 bits per heavy atom. The van der Waals surface area contributed by atoms with Crippen LogP contribution in [-0.4, -0.2) is 42.9 Å². The molecule has 2 fully saturated rings. The van der Waals surface area contributed by atoms with Crippen LogP contribution in [0.15, 0.2) is 54.9 Å². The monoisotopic (exact) mass is 494 g/mol. The molecule has 1 atom stereocenters. The van der Waals surface area contributed by atoms with Gasteiger partial charge in [0.25, 0.3) is 0 Å². The van der Waals surface area contributed by atoms with E-state index < -0.39 is 0 Å². The van der Waals surface area contributed by atoms with Gasteiger partial charge in [0.1, 0.15) is 12.1 Å².